The molecule has 2 amide bonds. The van der Waals surface area contributed by atoms with Gasteiger partial charge in [-0.15, -0.1) is 0 Å². The lowest BCUT2D eigenvalue weighted by Crippen LogP contribution is -2.62. The smallest absolute Gasteiger partial charge is 0.242 e. The number of nitrogens with one attached hydrogen (secondary N) is 2. The van der Waals surface area contributed by atoms with E-state index in [0.717, 1.165) is 19.4 Å². The first-order valence-electron chi connectivity index (χ1n) is 6.83. The maximum absolute atomic E-state index is 12.1. The molecule has 2 fully saturated rings. The van der Waals surface area contributed by atoms with E-state index in [9.17, 15) is 9.59 Å². The van der Waals surface area contributed by atoms with Gasteiger partial charge in [-0.25, -0.2) is 0 Å². The van der Waals surface area contributed by atoms with Crippen molar-refractivity contribution in [1.29, 1.82) is 0 Å². The Kier molecular flexibility index (Phi) is 3.90. The third-order valence-electron chi connectivity index (χ3n) is 3.83. The number of piperazine rings is 1. The van der Waals surface area contributed by atoms with Gasteiger partial charge in [0.25, 0.3) is 0 Å². The van der Waals surface area contributed by atoms with E-state index < -0.39 is 5.54 Å². The largest absolute Gasteiger partial charge is 0.352 e. The summed E-state index contributed by atoms with van der Waals surface area (Å²) in [5.74, 6) is -0.0109. The van der Waals surface area contributed by atoms with E-state index >= 15 is 0 Å². The number of carbonyl (C=O) groups is 2. The average Bonchev–Trinajstić information content (AvgIpc) is 2.77. The zero-order valence-corrected chi connectivity index (χ0v) is 11.3. The van der Waals surface area contributed by atoms with Crippen LogP contribution >= 0.6 is 0 Å². The third-order valence-corrected chi connectivity index (χ3v) is 3.83. The zero-order chi connectivity index (χ0) is 13.2. The standard InChI is InChI=1S/C13H23N3O2/c1-13(2)12(18)16(8-7-14-13)9-11(17)15-10-5-3-4-6-10/h10,14H,3-9H2,1-2H3,(H,15,17). The molecule has 2 aliphatic rings. The second kappa shape index (κ2) is 5.26. The molecule has 1 saturated heterocycles. The van der Waals surface area contributed by atoms with Gasteiger partial charge in [-0.05, 0) is 26.7 Å². The van der Waals surface area contributed by atoms with Gasteiger partial charge in [-0.1, -0.05) is 12.8 Å². The molecule has 18 heavy (non-hydrogen) atoms. The fourth-order valence-corrected chi connectivity index (χ4v) is 2.74. The summed E-state index contributed by atoms with van der Waals surface area (Å²) in [5.41, 5.74) is -0.550. The Bertz CT molecular complexity index is 335. The van der Waals surface area contributed by atoms with Crippen LogP contribution in [-0.4, -0.2) is 47.9 Å². The summed E-state index contributed by atoms with van der Waals surface area (Å²) in [6.45, 7) is 5.27. The lowest BCUT2D eigenvalue weighted by atomic mass is 10.0. The number of amides is 2. The van der Waals surface area contributed by atoms with Gasteiger partial charge >= 0.3 is 0 Å². The molecule has 0 radical (unpaired) electrons. The maximum Gasteiger partial charge on any atom is 0.242 e. The number of nitrogens with zero attached hydrogens (tertiary/aromatic N) is 1. The minimum atomic E-state index is -0.550. The second-order valence-corrected chi connectivity index (χ2v) is 5.83. The SMILES string of the molecule is CC1(C)NCCN(CC(=O)NC2CCCC2)C1=O. The summed E-state index contributed by atoms with van der Waals surface area (Å²) < 4.78 is 0. The molecule has 0 spiro atoms. The van der Waals surface area contributed by atoms with Gasteiger partial charge in [0.05, 0.1) is 12.1 Å². The third kappa shape index (κ3) is 3.02. The summed E-state index contributed by atoms with van der Waals surface area (Å²) in [6, 6.07) is 0.323. The number of hydrogen-bond acceptors (Lipinski definition) is 3. The van der Waals surface area contributed by atoms with Crippen LogP contribution in [0.2, 0.25) is 0 Å². The molecule has 0 aromatic heterocycles. The molecule has 2 N–H and O–H groups in total. The maximum atomic E-state index is 12.1. The second-order valence-electron chi connectivity index (χ2n) is 5.83. The van der Waals surface area contributed by atoms with Crippen LogP contribution in [0.5, 0.6) is 0 Å². The molecule has 5 nitrogen and oxygen atoms in total. The van der Waals surface area contributed by atoms with E-state index in [1.165, 1.54) is 12.8 Å². The monoisotopic (exact) mass is 253 g/mol. The average molecular weight is 253 g/mol. The first-order chi connectivity index (χ1) is 8.49. The van der Waals surface area contributed by atoms with Gasteiger partial charge in [-0.2, -0.15) is 0 Å². The van der Waals surface area contributed by atoms with Crippen LogP contribution in [0.1, 0.15) is 39.5 Å². The van der Waals surface area contributed by atoms with Crippen molar-refractivity contribution in [2.24, 2.45) is 0 Å². The summed E-state index contributed by atoms with van der Waals surface area (Å²) in [4.78, 5) is 25.7. The van der Waals surface area contributed by atoms with Gasteiger partial charge in [0.2, 0.25) is 11.8 Å². The van der Waals surface area contributed by atoms with Crippen molar-refractivity contribution >= 4 is 11.8 Å². The fourth-order valence-electron chi connectivity index (χ4n) is 2.74. The molecular weight excluding hydrogens is 230 g/mol. The van der Waals surface area contributed by atoms with Crippen LogP contribution in [0.25, 0.3) is 0 Å². The fraction of sp³-hybridized carbons (Fsp3) is 0.846. The van der Waals surface area contributed by atoms with E-state index in [-0.39, 0.29) is 18.4 Å². The molecule has 1 heterocycles. The molecule has 5 heteroatoms. The molecule has 0 aromatic carbocycles. The Labute approximate surface area is 108 Å². The van der Waals surface area contributed by atoms with Crippen LogP contribution in [-0.2, 0) is 9.59 Å². The molecule has 0 unspecified atom stereocenters. The van der Waals surface area contributed by atoms with Gasteiger partial charge in [0.15, 0.2) is 0 Å². The lowest BCUT2D eigenvalue weighted by molar-refractivity contribution is -0.143. The first kappa shape index (κ1) is 13.3. The van der Waals surface area contributed by atoms with Crippen LogP contribution in [0.4, 0.5) is 0 Å². The lowest BCUT2D eigenvalue weighted by Gasteiger charge is -2.37. The molecule has 0 atom stereocenters. The van der Waals surface area contributed by atoms with E-state index in [0.29, 0.717) is 12.6 Å². The number of carbonyl (C=O) groups excluding carboxylic acids is 2. The summed E-state index contributed by atoms with van der Waals surface area (Å²) in [6.07, 6.45) is 4.55. The van der Waals surface area contributed by atoms with E-state index in [4.69, 9.17) is 0 Å². The number of hydrogen-bond donors (Lipinski definition) is 2. The molecule has 1 saturated carbocycles. The summed E-state index contributed by atoms with van der Waals surface area (Å²) >= 11 is 0. The number of rotatable bonds is 3. The molecule has 102 valence electrons. The highest BCUT2D eigenvalue weighted by atomic mass is 16.2. The van der Waals surface area contributed by atoms with Crippen LogP contribution in [0.3, 0.4) is 0 Å². The van der Waals surface area contributed by atoms with Crippen molar-refractivity contribution in [2.45, 2.75) is 51.1 Å². The molecular formula is C13H23N3O2. The minimum Gasteiger partial charge on any atom is -0.352 e. The van der Waals surface area contributed by atoms with Crippen molar-refractivity contribution in [3.05, 3.63) is 0 Å². The van der Waals surface area contributed by atoms with E-state index in [2.05, 4.69) is 10.6 Å². The predicted molar refractivity (Wildman–Crippen MR) is 69.1 cm³/mol. The molecule has 2 rings (SSSR count). The quantitative estimate of drug-likeness (QED) is 0.758. The Hall–Kier alpha value is -1.10. The Balaban J connectivity index is 1.84. The van der Waals surface area contributed by atoms with Gasteiger partial charge in [0.1, 0.15) is 0 Å². The van der Waals surface area contributed by atoms with E-state index in [1.807, 2.05) is 13.8 Å². The summed E-state index contributed by atoms with van der Waals surface area (Å²) in [5, 5.41) is 6.18. The van der Waals surface area contributed by atoms with Gasteiger partial charge in [-0.3, -0.25) is 9.59 Å². The Morgan fingerprint density at radius 2 is 2.11 bits per heavy atom. The first-order valence-corrected chi connectivity index (χ1v) is 6.83. The van der Waals surface area contributed by atoms with Crippen molar-refractivity contribution in [2.75, 3.05) is 19.6 Å². The molecule has 0 aromatic rings. The highest BCUT2D eigenvalue weighted by Crippen LogP contribution is 2.17. The van der Waals surface area contributed by atoms with Crippen molar-refractivity contribution in [1.82, 2.24) is 15.5 Å². The highest BCUT2D eigenvalue weighted by Gasteiger charge is 2.36. The normalized spacial score (nSPS) is 24.3. The van der Waals surface area contributed by atoms with Crippen molar-refractivity contribution in [3.8, 4) is 0 Å². The predicted octanol–water partition coefficient (Wildman–Crippen LogP) is 0.256. The van der Waals surface area contributed by atoms with Gasteiger partial charge in [0, 0.05) is 19.1 Å². The van der Waals surface area contributed by atoms with Crippen LogP contribution < -0.4 is 10.6 Å². The van der Waals surface area contributed by atoms with E-state index in [1.54, 1.807) is 4.90 Å². The Morgan fingerprint density at radius 3 is 2.78 bits per heavy atom. The minimum absolute atomic E-state index is 0.00956. The Morgan fingerprint density at radius 1 is 1.44 bits per heavy atom. The molecule has 1 aliphatic carbocycles. The highest BCUT2D eigenvalue weighted by molar-refractivity contribution is 5.90. The van der Waals surface area contributed by atoms with Crippen LogP contribution in [0.15, 0.2) is 0 Å². The van der Waals surface area contributed by atoms with Crippen molar-refractivity contribution in [3.63, 3.8) is 0 Å². The van der Waals surface area contributed by atoms with Crippen LogP contribution in [0, 0.1) is 0 Å². The molecule has 1 aliphatic heterocycles. The van der Waals surface area contributed by atoms with Gasteiger partial charge < -0.3 is 15.5 Å². The van der Waals surface area contributed by atoms with Crippen molar-refractivity contribution < 1.29 is 9.59 Å². The topological polar surface area (TPSA) is 61.4 Å². The summed E-state index contributed by atoms with van der Waals surface area (Å²) in [7, 11) is 0. The zero-order valence-electron chi connectivity index (χ0n) is 11.3. The molecule has 0 bridgehead atoms.